The summed E-state index contributed by atoms with van der Waals surface area (Å²) < 4.78 is 11.1. The number of hydrogen-bond donors (Lipinski definition) is 6. The Bertz CT molecular complexity index is 2270. The van der Waals surface area contributed by atoms with Crippen molar-refractivity contribution in [3.63, 3.8) is 0 Å². The fraction of sp³-hybridized carbons (Fsp3) is 0.304. The number of carbonyl (C=O) groups excluding carboxylic acids is 2. The number of nitrogens with zero attached hydrogens (tertiary/aromatic N) is 2. The normalized spacial score (nSPS) is 15.2. The number of ether oxygens (including phenoxy) is 2. The number of hydrogen-bond acceptors (Lipinski definition) is 8. The first kappa shape index (κ1) is 39.7. The van der Waals surface area contributed by atoms with Crippen molar-refractivity contribution in [3.8, 4) is 11.5 Å². The second-order valence-corrected chi connectivity index (χ2v) is 15.3. The largest absolute Gasteiger partial charge is 0.496 e. The van der Waals surface area contributed by atoms with Gasteiger partial charge in [0.1, 0.15) is 23.1 Å². The highest BCUT2D eigenvalue weighted by molar-refractivity contribution is 5.94. The molecule has 6 aromatic rings. The van der Waals surface area contributed by atoms with Gasteiger partial charge in [-0.3, -0.25) is 0 Å². The SMILES string of the molecule is COc1cccc2c1C(Nc1ccc3cc(NC(=O)NC(C)C)ccc3n1)CC2.COc1cccc2c1C(Nc1ccc3cc(NC(=O)NC(C)C)ccc3n1)CC2. The van der Waals surface area contributed by atoms with E-state index in [1.807, 2.05) is 113 Å². The van der Waals surface area contributed by atoms with Gasteiger partial charge in [0.25, 0.3) is 0 Å². The summed E-state index contributed by atoms with van der Waals surface area (Å²) in [4.78, 5) is 33.3. The summed E-state index contributed by atoms with van der Waals surface area (Å²) in [6.45, 7) is 7.71. The number of aromatic nitrogens is 2. The Morgan fingerprint density at radius 1 is 0.586 bits per heavy atom. The first-order valence-electron chi connectivity index (χ1n) is 19.9. The average Bonchev–Trinajstić information content (AvgIpc) is 3.81. The van der Waals surface area contributed by atoms with Crippen molar-refractivity contribution < 1.29 is 19.1 Å². The van der Waals surface area contributed by atoms with Gasteiger partial charge >= 0.3 is 12.1 Å². The molecule has 2 heterocycles. The van der Waals surface area contributed by atoms with Crippen LogP contribution in [0.3, 0.4) is 0 Å². The number of nitrogens with one attached hydrogen (secondary N) is 6. The molecule has 12 nitrogen and oxygen atoms in total. The zero-order valence-corrected chi connectivity index (χ0v) is 33.9. The van der Waals surface area contributed by atoms with E-state index >= 15 is 0 Å². The van der Waals surface area contributed by atoms with Crippen molar-refractivity contribution in [3.05, 3.63) is 119 Å². The van der Waals surface area contributed by atoms with Gasteiger partial charge in [0.15, 0.2) is 0 Å². The van der Waals surface area contributed by atoms with E-state index in [2.05, 4.69) is 44.0 Å². The van der Waals surface area contributed by atoms with Crippen molar-refractivity contribution in [1.82, 2.24) is 20.6 Å². The monoisotopic (exact) mass is 780 g/mol. The average molecular weight is 781 g/mol. The summed E-state index contributed by atoms with van der Waals surface area (Å²) >= 11 is 0. The lowest BCUT2D eigenvalue weighted by Crippen LogP contribution is -2.34. The number of carbonyl (C=O) groups is 2. The molecule has 2 unspecified atom stereocenters. The van der Waals surface area contributed by atoms with E-state index < -0.39 is 0 Å². The van der Waals surface area contributed by atoms with E-state index in [9.17, 15) is 9.59 Å². The molecule has 2 aromatic heterocycles. The lowest BCUT2D eigenvalue weighted by Gasteiger charge is -2.18. The third-order valence-corrected chi connectivity index (χ3v) is 10.2. The Balaban J connectivity index is 0.000000177. The molecular weight excluding hydrogens is 729 g/mol. The van der Waals surface area contributed by atoms with Crippen LogP contribution in [0.4, 0.5) is 32.6 Å². The van der Waals surface area contributed by atoms with Gasteiger partial charge in [0, 0.05) is 45.4 Å². The summed E-state index contributed by atoms with van der Waals surface area (Å²) in [6, 6.07) is 32.0. The van der Waals surface area contributed by atoms with Crippen LogP contribution in [0.5, 0.6) is 11.5 Å². The topological polar surface area (TPSA) is 151 Å². The number of benzene rings is 4. The Labute approximate surface area is 339 Å². The summed E-state index contributed by atoms with van der Waals surface area (Å²) in [6.07, 6.45) is 4.10. The molecule has 0 bridgehead atoms. The maximum absolute atomic E-state index is 11.9. The van der Waals surface area contributed by atoms with Crippen LogP contribution >= 0.6 is 0 Å². The van der Waals surface area contributed by atoms with Crippen LogP contribution in [-0.2, 0) is 12.8 Å². The molecule has 0 fully saturated rings. The fourth-order valence-electron chi connectivity index (χ4n) is 7.72. The van der Waals surface area contributed by atoms with E-state index in [0.717, 1.165) is 82.0 Å². The first-order valence-corrected chi connectivity index (χ1v) is 19.9. The van der Waals surface area contributed by atoms with Crippen molar-refractivity contribution in [2.75, 3.05) is 35.5 Å². The minimum absolute atomic E-state index is 0.0881. The molecule has 300 valence electrons. The Morgan fingerprint density at radius 2 is 1.02 bits per heavy atom. The molecular formula is C46H52N8O4. The van der Waals surface area contributed by atoms with Gasteiger partial charge in [0.05, 0.1) is 37.3 Å². The van der Waals surface area contributed by atoms with Crippen LogP contribution < -0.4 is 41.4 Å². The standard InChI is InChI=1S/2C23H26N4O2/c2*1-14(2)24-23(28)25-17-9-11-18-16(13-17)8-12-21(26-18)27-19-10-7-15-5-4-6-20(29-3)22(15)19/h2*4-6,8-9,11-14,19H,7,10H2,1-3H3,(H,26,27)(H2,24,25,28). The summed E-state index contributed by atoms with van der Waals surface area (Å²) in [5.74, 6) is 3.52. The molecule has 2 aliphatic rings. The molecule has 2 atom stereocenters. The van der Waals surface area contributed by atoms with E-state index in [-0.39, 0.29) is 36.2 Å². The van der Waals surface area contributed by atoms with Gasteiger partial charge in [-0.15, -0.1) is 0 Å². The lowest BCUT2D eigenvalue weighted by molar-refractivity contribution is 0.249. The molecule has 0 spiro atoms. The highest BCUT2D eigenvalue weighted by Crippen LogP contribution is 2.41. The lowest BCUT2D eigenvalue weighted by atomic mass is 10.1. The van der Waals surface area contributed by atoms with Gasteiger partial charge < -0.3 is 41.4 Å². The second kappa shape index (κ2) is 17.7. The number of urea groups is 2. The van der Waals surface area contributed by atoms with Crippen molar-refractivity contribution in [2.24, 2.45) is 0 Å². The number of rotatable bonds is 10. The minimum Gasteiger partial charge on any atom is -0.496 e. The number of methoxy groups -OCH3 is 2. The number of aryl methyl sites for hydroxylation is 2. The predicted octanol–water partition coefficient (Wildman–Crippen LogP) is 9.75. The van der Waals surface area contributed by atoms with E-state index in [0.29, 0.717) is 0 Å². The maximum atomic E-state index is 11.9. The zero-order chi connectivity index (χ0) is 40.8. The molecule has 12 heteroatoms. The molecule has 8 rings (SSSR count). The third kappa shape index (κ3) is 9.34. The Hall–Kier alpha value is -6.56. The first-order chi connectivity index (χ1) is 28.1. The quantitative estimate of drug-likeness (QED) is 0.0805. The number of pyridine rings is 2. The molecule has 0 saturated heterocycles. The highest BCUT2D eigenvalue weighted by atomic mass is 16.5. The van der Waals surface area contributed by atoms with Gasteiger partial charge in [-0.2, -0.15) is 0 Å². The maximum Gasteiger partial charge on any atom is 0.319 e. The van der Waals surface area contributed by atoms with Gasteiger partial charge in [-0.1, -0.05) is 24.3 Å². The predicted molar refractivity (Wildman–Crippen MR) is 233 cm³/mol. The van der Waals surface area contributed by atoms with Gasteiger partial charge in [-0.05, 0) is 137 Å². The van der Waals surface area contributed by atoms with E-state index in [4.69, 9.17) is 19.4 Å². The molecule has 4 aromatic carbocycles. The van der Waals surface area contributed by atoms with Crippen LogP contribution in [-0.4, -0.2) is 48.3 Å². The van der Waals surface area contributed by atoms with Gasteiger partial charge in [-0.25, -0.2) is 19.6 Å². The van der Waals surface area contributed by atoms with Crippen LogP contribution in [0.1, 0.15) is 74.9 Å². The van der Waals surface area contributed by atoms with Crippen LogP contribution in [0.2, 0.25) is 0 Å². The molecule has 58 heavy (non-hydrogen) atoms. The Kier molecular flexibility index (Phi) is 12.1. The summed E-state index contributed by atoms with van der Waals surface area (Å²) in [5.41, 5.74) is 8.36. The van der Waals surface area contributed by atoms with Crippen molar-refractivity contribution in [1.29, 1.82) is 0 Å². The molecule has 2 aliphatic carbocycles. The summed E-state index contributed by atoms with van der Waals surface area (Å²) in [5, 5.41) is 20.4. The Morgan fingerprint density at radius 3 is 1.41 bits per heavy atom. The third-order valence-electron chi connectivity index (χ3n) is 10.2. The van der Waals surface area contributed by atoms with Gasteiger partial charge in [0.2, 0.25) is 0 Å². The number of fused-ring (bicyclic) bond motifs is 4. The molecule has 0 saturated carbocycles. The summed E-state index contributed by atoms with van der Waals surface area (Å²) in [7, 11) is 3.43. The zero-order valence-electron chi connectivity index (χ0n) is 33.9. The van der Waals surface area contributed by atoms with Crippen molar-refractivity contribution in [2.45, 2.75) is 77.5 Å². The van der Waals surface area contributed by atoms with E-state index in [1.54, 1.807) is 14.2 Å². The van der Waals surface area contributed by atoms with Crippen LogP contribution in [0.25, 0.3) is 21.8 Å². The van der Waals surface area contributed by atoms with E-state index in [1.165, 1.54) is 22.3 Å². The fourth-order valence-corrected chi connectivity index (χ4v) is 7.72. The molecule has 4 amide bonds. The molecule has 6 N–H and O–H groups in total. The number of amides is 4. The van der Waals surface area contributed by atoms with Crippen molar-refractivity contribution >= 4 is 56.9 Å². The number of anilines is 4. The molecule has 0 aliphatic heterocycles. The molecule has 0 radical (unpaired) electrons. The second-order valence-electron chi connectivity index (χ2n) is 15.3. The minimum atomic E-state index is -0.209. The highest BCUT2D eigenvalue weighted by Gasteiger charge is 2.27. The van der Waals surface area contributed by atoms with Crippen LogP contribution in [0.15, 0.2) is 97.1 Å². The smallest absolute Gasteiger partial charge is 0.319 e. The van der Waals surface area contributed by atoms with Crippen LogP contribution in [0, 0.1) is 0 Å².